The van der Waals surface area contributed by atoms with Gasteiger partial charge >= 0.3 is 6.18 Å². The maximum atomic E-state index is 12.8. The van der Waals surface area contributed by atoms with E-state index in [1.54, 1.807) is 11.8 Å². The fraction of sp³-hybridized carbons (Fsp3) is 0.438. The van der Waals surface area contributed by atoms with E-state index in [0.29, 0.717) is 11.3 Å². The number of thioether (sulfide) groups is 1. The summed E-state index contributed by atoms with van der Waals surface area (Å²) >= 11 is 1.55. The van der Waals surface area contributed by atoms with Crippen molar-refractivity contribution in [1.82, 2.24) is 10.3 Å². The van der Waals surface area contributed by atoms with Crippen molar-refractivity contribution in [2.45, 2.75) is 23.9 Å². The summed E-state index contributed by atoms with van der Waals surface area (Å²) in [6, 6.07) is 4.99. The summed E-state index contributed by atoms with van der Waals surface area (Å²) in [5.74, 6) is 1.45. The second kappa shape index (κ2) is 6.57. The van der Waals surface area contributed by atoms with Gasteiger partial charge in [0.15, 0.2) is 0 Å². The standard InChI is InChI=1S/C16H17F3N2OS/c17-16(18,19)11-1-2-12-13(7-11)21-15(22)8-14(12)23-9-10-3-5-20-6-4-10/h1-2,7-8,10,20H,3-6,9H2,(H,21,22). The van der Waals surface area contributed by atoms with Gasteiger partial charge in [-0.05, 0) is 44.0 Å². The number of benzene rings is 1. The first-order chi connectivity index (χ1) is 10.9. The number of fused-ring (bicyclic) bond motifs is 1. The van der Waals surface area contributed by atoms with Gasteiger partial charge in [-0.2, -0.15) is 13.2 Å². The normalized spacial score (nSPS) is 16.8. The molecule has 1 aromatic heterocycles. The lowest BCUT2D eigenvalue weighted by Crippen LogP contribution is -2.28. The second-order valence-corrected chi connectivity index (χ2v) is 6.82. The predicted molar refractivity (Wildman–Crippen MR) is 85.9 cm³/mol. The molecule has 2 heterocycles. The molecule has 0 spiro atoms. The SMILES string of the molecule is O=c1cc(SCC2CCNCC2)c2ccc(C(F)(F)F)cc2[nH]1. The molecule has 2 N–H and O–H groups in total. The summed E-state index contributed by atoms with van der Waals surface area (Å²) < 4.78 is 38.4. The number of rotatable bonds is 3. The van der Waals surface area contributed by atoms with Crippen LogP contribution in [0.5, 0.6) is 0 Å². The molecule has 3 nitrogen and oxygen atoms in total. The van der Waals surface area contributed by atoms with E-state index in [2.05, 4.69) is 10.3 Å². The molecule has 124 valence electrons. The van der Waals surface area contributed by atoms with E-state index >= 15 is 0 Å². The molecule has 3 rings (SSSR count). The zero-order valence-electron chi connectivity index (χ0n) is 12.4. The van der Waals surface area contributed by atoms with Crippen molar-refractivity contribution >= 4 is 22.7 Å². The Hall–Kier alpha value is -1.47. The van der Waals surface area contributed by atoms with Crippen LogP contribution in [-0.2, 0) is 6.18 Å². The summed E-state index contributed by atoms with van der Waals surface area (Å²) in [6.45, 7) is 1.99. The number of nitrogens with one attached hydrogen (secondary N) is 2. The number of aromatic nitrogens is 1. The van der Waals surface area contributed by atoms with Gasteiger partial charge in [0, 0.05) is 27.6 Å². The Labute approximate surface area is 135 Å². The fourth-order valence-electron chi connectivity index (χ4n) is 2.78. The number of piperidine rings is 1. The molecule has 1 aliphatic heterocycles. The summed E-state index contributed by atoms with van der Waals surface area (Å²) in [5, 5.41) is 3.96. The molecule has 0 bridgehead atoms. The highest BCUT2D eigenvalue weighted by molar-refractivity contribution is 7.99. The topological polar surface area (TPSA) is 44.9 Å². The lowest BCUT2D eigenvalue weighted by molar-refractivity contribution is -0.137. The van der Waals surface area contributed by atoms with Crippen LogP contribution < -0.4 is 10.9 Å². The van der Waals surface area contributed by atoms with Crippen molar-refractivity contribution in [3.8, 4) is 0 Å². The number of alkyl halides is 3. The van der Waals surface area contributed by atoms with E-state index in [-0.39, 0.29) is 11.1 Å². The summed E-state index contributed by atoms with van der Waals surface area (Å²) in [4.78, 5) is 15.0. The van der Waals surface area contributed by atoms with Crippen molar-refractivity contribution < 1.29 is 13.2 Å². The Morgan fingerprint density at radius 1 is 1.17 bits per heavy atom. The highest BCUT2D eigenvalue weighted by Crippen LogP contribution is 2.34. The van der Waals surface area contributed by atoms with Crippen LogP contribution in [0, 0.1) is 5.92 Å². The monoisotopic (exact) mass is 342 g/mol. The Balaban J connectivity index is 1.89. The van der Waals surface area contributed by atoms with Crippen LogP contribution in [0.3, 0.4) is 0 Å². The van der Waals surface area contributed by atoms with Gasteiger partial charge in [0.1, 0.15) is 0 Å². The first-order valence-corrected chi connectivity index (χ1v) is 8.50. The van der Waals surface area contributed by atoms with Crippen molar-refractivity contribution in [2.75, 3.05) is 18.8 Å². The molecular weight excluding hydrogens is 325 g/mol. The van der Waals surface area contributed by atoms with Crippen LogP contribution in [0.15, 0.2) is 34.0 Å². The lowest BCUT2D eigenvalue weighted by atomic mass is 10.0. The summed E-state index contributed by atoms with van der Waals surface area (Å²) in [7, 11) is 0. The van der Waals surface area contributed by atoms with Gasteiger partial charge in [0.25, 0.3) is 0 Å². The minimum Gasteiger partial charge on any atom is -0.322 e. The highest BCUT2D eigenvalue weighted by atomic mass is 32.2. The van der Waals surface area contributed by atoms with E-state index in [0.717, 1.165) is 48.7 Å². The van der Waals surface area contributed by atoms with E-state index in [4.69, 9.17) is 0 Å². The molecule has 1 saturated heterocycles. The van der Waals surface area contributed by atoms with Crippen LogP contribution in [-0.4, -0.2) is 23.8 Å². The average Bonchev–Trinajstić information content (AvgIpc) is 2.52. The average molecular weight is 342 g/mol. The molecule has 1 fully saturated rings. The van der Waals surface area contributed by atoms with Gasteiger partial charge in [-0.25, -0.2) is 0 Å². The lowest BCUT2D eigenvalue weighted by Gasteiger charge is -2.22. The van der Waals surface area contributed by atoms with Gasteiger partial charge in [0.2, 0.25) is 5.56 Å². The molecule has 7 heteroatoms. The van der Waals surface area contributed by atoms with Crippen molar-refractivity contribution in [1.29, 1.82) is 0 Å². The molecule has 0 saturated carbocycles. The fourth-order valence-corrected chi connectivity index (χ4v) is 4.05. The number of hydrogen-bond acceptors (Lipinski definition) is 3. The molecule has 0 aliphatic carbocycles. The zero-order valence-corrected chi connectivity index (χ0v) is 13.2. The van der Waals surface area contributed by atoms with Crippen molar-refractivity contribution in [2.24, 2.45) is 5.92 Å². The van der Waals surface area contributed by atoms with Gasteiger partial charge in [-0.15, -0.1) is 11.8 Å². The quantitative estimate of drug-likeness (QED) is 0.837. The zero-order chi connectivity index (χ0) is 16.4. The van der Waals surface area contributed by atoms with Gasteiger partial charge in [0.05, 0.1) is 5.56 Å². The Kier molecular flexibility index (Phi) is 4.68. The third-order valence-electron chi connectivity index (χ3n) is 4.07. The molecule has 1 aromatic carbocycles. The number of hydrogen-bond donors (Lipinski definition) is 2. The van der Waals surface area contributed by atoms with Crippen LogP contribution in [0.4, 0.5) is 13.2 Å². The molecule has 0 atom stereocenters. The van der Waals surface area contributed by atoms with E-state index in [1.807, 2.05) is 0 Å². The molecule has 23 heavy (non-hydrogen) atoms. The molecule has 2 aromatic rings. The first-order valence-electron chi connectivity index (χ1n) is 7.51. The number of aromatic amines is 1. The van der Waals surface area contributed by atoms with E-state index < -0.39 is 11.7 Å². The molecule has 0 radical (unpaired) electrons. The largest absolute Gasteiger partial charge is 0.416 e. The summed E-state index contributed by atoms with van der Waals surface area (Å²) in [5.41, 5.74) is -0.883. The molecular formula is C16H17F3N2OS. The maximum absolute atomic E-state index is 12.8. The van der Waals surface area contributed by atoms with Crippen LogP contribution in [0.1, 0.15) is 18.4 Å². The Morgan fingerprint density at radius 2 is 1.91 bits per heavy atom. The third kappa shape index (κ3) is 3.90. The van der Waals surface area contributed by atoms with Gasteiger partial charge in [-0.3, -0.25) is 4.79 Å². The second-order valence-electron chi connectivity index (χ2n) is 5.76. The molecule has 0 amide bonds. The summed E-state index contributed by atoms with van der Waals surface area (Å²) in [6.07, 6.45) is -2.23. The van der Waals surface area contributed by atoms with E-state index in [1.165, 1.54) is 12.1 Å². The highest BCUT2D eigenvalue weighted by Gasteiger charge is 2.30. The molecule has 0 unspecified atom stereocenters. The minimum absolute atomic E-state index is 0.236. The van der Waals surface area contributed by atoms with Crippen LogP contribution in [0.25, 0.3) is 10.9 Å². The first kappa shape index (κ1) is 16.4. The van der Waals surface area contributed by atoms with Gasteiger partial charge < -0.3 is 10.3 Å². The number of halogens is 3. The number of pyridine rings is 1. The van der Waals surface area contributed by atoms with Crippen LogP contribution in [0.2, 0.25) is 0 Å². The molecule has 1 aliphatic rings. The maximum Gasteiger partial charge on any atom is 0.416 e. The smallest absolute Gasteiger partial charge is 0.322 e. The number of H-pyrrole nitrogens is 1. The Bertz CT molecular complexity index is 751. The van der Waals surface area contributed by atoms with E-state index in [9.17, 15) is 18.0 Å². The minimum atomic E-state index is -4.41. The predicted octanol–water partition coefficient (Wildman–Crippen LogP) is 3.64. The van der Waals surface area contributed by atoms with Gasteiger partial charge in [-0.1, -0.05) is 6.07 Å². The third-order valence-corrected chi connectivity index (χ3v) is 5.35. The van der Waals surface area contributed by atoms with Crippen molar-refractivity contribution in [3.63, 3.8) is 0 Å². The van der Waals surface area contributed by atoms with Crippen molar-refractivity contribution in [3.05, 3.63) is 40.2 Å². The van der Waals surface area contributed by atoms with Crippen LogP contribution >= 0.6 is 11.8 Å². The Morgan fingerprint density at radius 3 is 2.61 bits per heavy atom.